The van der Waals surface area contributed by atoms with Crippen molar-refractivity contribution in [3.8, 4) is 11.4 Å². The minimum absolute atomic E-state index is 0.229. The average molecular weight is 455 g/mol. The molecule has 3 aromatic carbocycles. The van der Waals surface area contributed by atoms with Gasteiger partial charge in [-0.25, -0.2) is 0 Å². The lowest BCUT2D eigenvalue weighted by Gasteiger charge is -2.11. The van der Waals surface area contributed by atoms with Crippen LogP contribution >= 0.6 is 0 Å². The average Bonchev–Trinajstić information content (AvgIpc) is 3.32. The van der Waals surface area contributed by atoms with Crippen molar-refractivity contribution in [2.45, 2.75) is 33.1 Å². The summed E-state index contributed by atoms with van der Waals surface area (Å²) in [7, 11) is 0. The number of aryl methyl sites for hydroxylation is 1. The Kier molecular flexibility index (Phi) is 6.27. The Labute approximate surface area is 198 Å². The van der Waals surface area contributed by atoms with Gasteiger partial charge in [0.25, 0.3) is 11.8 Å². The number of anilines is 2. The van der Waals surface area contributed by atoms with E-state index in [0.717, 1.165) is 11.1 Å². The van der Waals surface area contributed by atoms with Gasteiger partial charge in [0.15, 0.2) is 0 Å². The van der Waals surface area contributed by atoms with Gasteiger partial charge < -0.3 is 15.2 Å². The lowest BCUT2D eigenvalue weighted by atomic mass is 9.97. The molecule has 4 rings (SSSR count). The minimum Gasteiger partial charge on any atom is -0.338 e. The van der Waals surface area contributed by atoms with E-state index in [1.165, 1.54) is 0 Å². The number of hydrogen-bond acceptors (Lipinski definition) is 5. The van der Waals surface area contributed by atoms with Gasteiger partial charge in [0.1, 0.15) is 0 Å². The SMILES string of the molecule is Cc1ccc(C(=O)Nc2ccc(-c3noc(C(C)(C)C)n3)cc2)cc1NC(=O)c1ccccc1. The van der Waals surface area contributed by atoms with E-state index in [2.05, 4.69) is 20.8 Å². The first-order chi connectivity index (χ1) is 16.2. The number of benzene rings is 3. The van der Waals surface area contributed by atoms with Gasteiger partial charge in [-0.1, -0.05) is 50.2 Å². The van der Waals surface area contributed by atoms with E-state index in [9.17, 15) is 9.59 Å². The van der Waals surface area contributed by atoms with Crippen molar-refractivity contribution in [2.75, 3.05) is 10.6 Å². The molecule has 4 aromatic rings. The van der Waals surface area contributed by atoms with Crippen LogP contribution in [-0.4, -0.2) is 22.0 Å². The molecule has 0 fully saturated rings. The molecule has 7 heteroatoms. The number of nitrogens with one attached hydrogen (secondary N) is 2. The second kappa shape index (κ2) is 9.31. The van der Waals surface area contributed by atoms with Gasteiger partial charge in [-0.3, -0.25) is 9.59 Å². The second-order valence-electron chi connectivity index (χ2n) is 9.05. The molecule has 0 saturated carbocycles. The van der Waals surface area contributed by atoms with Gasteiger partial charge in [0, 0.05) is 33.5 Å². The molecule has 0 atom stereocenters. The number of amides is 2. The number of carbonyl (C=O) groups excluding carboxylic acids is 2. The van der Waals surface area contributed by atoms with Crippen molar-refractivity contribution >= 4 is 23.2 Å². The third kappa shape index (κ3) is 5.20. The highest BCUT2D eigenvalue weighted by atomic mass is 16.5. The summed E-state index contributed by atoms with van der Waals surface area (Å²) in [5.74, 6) is 0.556. The van der Waals surface area contributed by atoms with E-state index in [-0.39, 0.29) is 17.2 Å². The molecule has 172 valence electrons. The van der Waals surface area contributed by atoms with Crippen LogP contribution in [0, 0.1) is 6.92 Å². The minimum atomic E-state index is -0.280. The molecule has 34 heavy (non-hydrogen) atoms. The van der Waals surface area contributed by atoms with Crippen LogP contribution in [0.4, 0.5) is 11.4 Å². The molecule has 0 aliphatic carbocycles. The topological polar surface area (TPSA) is 97.1 Å². The van der Waals surface area contributed by atoms with Gasteiger partial charge >= 0.3 is 0 Å². The van der Waals surface area contributed by atoms with Gasteiger partial charge in [-0.05, 0) is 61.0 Å². The van der Waals surface area contributed by atoms with Crippen LogP contribution in [0.25, 0.3) is 11.4 Å². The predicted molar refractivity (Wildman–Crippen MR) is 132 cm³/mol. The van der Waals surface area contributed by atoms with E-state index in [1.54, 1.807) is 48.5 Å². The van der Waals surface area contributed by atoms with E-state index in [0.29, 0.717) is 34.2 Å². The highest BCUT2D eigenvalue weighted by Crippen LogP contribution is 2.25. The zero-order valence-corrected chi connectivity index (χ0v) is 19.5. The molecule has 2 amide bonds. The maximum absolute atomic E-state index is 12.8. The van der Waals surface area contributed by atoms with Crippen LogP contribution in [0.3, 0.4) is 0 Å². The van der Waals surface area contributed by atoms with Gasteiger partial charge in [-0.2, -0.15) is 4.98 Å². The van der Waals surface area contributed by atoms with Crippen LogP contribution in [0.1, 0.15) is 52.9 Å². The quantitative estimate of drug-likeness (QED) is 0.394. The highest BCUT2D eigenvalue weighted by Gasteiger charge is 2.22. The summed E-state index contributed by atoms with van der Waals surface area (Å²) in [4.78, 5) is 29.8. The fraction of sp³-hybridized carbons (Fsp3) is 0.185. The van der Waals surface area contributed by atoms with Gasteiger partial charge in [0.05, 0.1) is 0 Å². The van der Waals surface area contributed by atoms with Crippen LogP contribution in [0.15, 0.2) is 77.3 Å². The molecule has 0 unspecified atom stereocenters. The summed E-state index contributed by atoms with van der Waals surface area (Å²) in [6.07, 6.45) is 0. The Hall–Kier alpha value is -4.26. The molecule has 1 heterocycles. The molecule has 1 aromatic heterocycles. The summed E-state index contributed by atoms with van der Waals surface area (Å²) in [5.41, 5.74) is 3.62. The van der Waals surface area contributed by atoms with Crippen LogP contribution in [-0.2, 0) is 5.41 Å². The van der Waals surface area contributed by atoms with Crippen molar-refractivity contribution in [1.29, 1.82) is 0 Å². The van der Waals surface area contributed by atoms with Crippen LogP contribution in [0.2, 0.25) is 0 Å². The van der Waals surface area contributed by atoms with Crippen molar-refractivity contribution in [2.24, 2.45) is 0 Å². The Morgan fingerprint density at radius 2 is 1.50 bits per heavy atom. The maximum Gasteiger partial charge on any atom is 0.255 e. The van der Waals surface area contributed by atoms with Crippen molar-refractivity contribution in [3.63, 3.8) is 0 Å². The third-order valence-electron chi connectivity index (χ3n) is 5.25. The largest absolute Gasteiger partial charge is 0.338 e. The van der Waals surface area contributed by atoms with E-state index in [4.69, 9.17) is 4.52 Å². The fourth-order valence-corrected chi connectivity index (χ4v) is 3.23. The predicted octanol–water partition coefficient (Wildman–Crippen LogP) is 5.85. The molecule has 0 aliphatic rings. The lowest BCUT2D eigenvalue weighted by Crippen LogP contribution is -2.15. The van der Waals surface area contributed by atoms with Crippen molar-refractivity contribution in [1.82, 2.24) is 10.1 Å². The summed E-state index contributed by atoms with van der Waals surface area (Å²) >= 11 is 0. The molecule has 0 spiro atoms. The Morgan fingerprint density at radius 3 is 2.15 bits per heavy atom. The number of hydrogen-bond donors (Lipinski definition) is 2. The molecule has 0 aliphatic heterocycles. The molecule has 0 bridgehead atoms. The smallest absolute Gasteiger partial charge is 0.255 e. The molecular formula is C27H26N4O3. The van der Waals surface area contributed by atoms with E-state index in [1.807, 2.05) is 52.0 Å². The molecule has 7 nitrogen and oxygen atoms in total. The first-order valence-electron chi connectivity index (χ1n) is 10.9. The first kappa shape index (κ1) is 22.9. The summed E-state index contributed by atoms with van der Waals surface area (Å²) in [5, 5.41) is 9.81. The standard InChI is InChI=1S/C27H26N4O3/c1-17-10-11-20(16-22(17)29-24(32)19-8-6-5-7-9-19)25(33)28-21-14-12-18(13-15-21)23-30-26(34-31-23)27(2,3)4/h5-16H,1-4H3,(H,28,33)(H,29,32). The Balaban J connectivity index is 1.46. The van der Waals surface area contributed by atoms with Gasteiger partial charge in [0.2, 0.25) is 11.7 Å². The highest BCUT2D eigenvalue weighted by molar-refractivity contribution is 6.07. The lowest BCUT2D eigenvalue weighted by molar-refractivity contribution is 0.101. The normalized spacial score (nSPS) is 11.2. The number of aromatic nitrogens is 2. The monoisotopic (exact) mass is 454 g/mol. The van der Waals surface area contributed by atoms with E-state index < -0.39 is 0 Å². The van der Waals surface area contributed by atoms with E-state index >= 15 is 0 Å². The first-order valence-corrected chi connectivity index (χ1v) is 10.9. The van der Waals surface area contributed by atoms with Gasteiger partial charge in [-0.15, -0.1) is 0 Å². The second-order valence-corrected chi connectivity index (χ2v) is 9.05. The number of nitrogens with zero attached hydrogens (tertiary/aromatic N) is 2. The molecule has 0 radical (unpaired) electrons. The zero-order valence-electron chi connectivity index (χ0n) is 19.5. The van der Waals surface area contributed by atoms with Crippen LogP contribution < -0.4 is 10.6 Å². The summed E-state index contributed by atoms with van der Waals surface area (Å²) in [6.45, 7) is 7.90. The molecule has 0 saturated heterocycles. The number of carbonyl (C=O) groups is 2. The summed E-state index contributed by atoms with van der Waals surface area (Å²) in [6, 6.07) is 21.4. The fourth-order valence-electron chi connectivity index (χ4n) is 3.23. The Bertz CT molecular complexity index is 1320. The molecular weight excluding hydrogens is 428 g/mol. The van der Waals surface area contributed by atoms with Crippen molar-refractivity contribution < 1.29 is 14.1 Å². The summed E-state index contributed by atoms with van der Waals surface area (Å²) < 4.78 is 5.35. The van der Waals surface area contributed by atoms with Crippen molar-refractivity contribution in [3.05, 3.63) is 95.4 Å². The van der Waals surface area contributed by atoms with Crippen LogP contribution in [0.5, 0.6) is 0 Å². The third-order valence-corrected chi connectivity index (χ3v) is 5.25. The Morgan fingerprint density at radius 1 is 0.824 bits per heavy atom. The number of rotatable bonds is 5. The zero-order chi connectivity index (χ0) is 24.3. The molecule has 2 N–H and O–H groups in total. The maximum atomic E-state index is 12.8.